The van der Waals surface area contributed by atoms with Crippen molar-refractivity contribution in [3.8, 4) is 0 Å². The number of carbonyl (C=O) groups excluding carboxylic acids is 2. The maximum atomic E-state index is 12.5. The largest absolute Gasteiger partial charge is 0.461 e. The molecular weight excluding hydrogens is 342 g/mol. The highest BCUT2D eigenvalue weighted by Crippen LogP contribution is 2.32. The minimum atomic E-state index is -0.376. The number of nitrogens with zero attached hydrogens (tertiary/aromatic N) is 1. The highest BCUT2D eigenvalue weighted by Gasteiger charge is 2.34. The van der Waals surface area contributed by atoms with Crippen LogP contribution in [-0.4, -0.2) is 33.7 Å². The first-order valence-electron chi connectivity index (χ1n) is 8.13. The Balaban J connectivity index is 1.61. The molecule has 0 N–H and O–H groups in total. The molecule has 1 saturated heterocycles. The fourth-order valence-corrected chi connectivity index (χ4v) is 4.13. The van der Waals surface area contributed by atoms with Gasteiger partial charge in [-0.15, -0.1) is 0 Å². The summed E-state index contributed by atoms with van der Waals surface area (Å²) < 4.78 is 5.89. The number of rotatable bonds is 4. The van der Waals surface area contributed by atoms with Gasteiger partial charge in [0.05, 0.1) is 4.91 Å². The van der Waals surface area contributed by atoms with Crippen LogP contribution in [0.2, 0.25) is 0 Å². The third kappa shape index (κ3) is 4.24. The first-order valence-corrected chi connectivity index (χ1v) is 9.36. The van der Waals surface area contributed by atoms with Gasteiger partial charge in [-0.25, -0.2) is 0 Å². The summed E-state index contributed by atoms with van der Waals surface area (Å²) in [6, 6.07) is 9.58. The van der Waals surface area contributed by atoms with Gasteiger partial charge in [-0.3, -0.25) is 14.5 Å². The van der Waals surface area contributed by atoms with Crippen LogP contribution in [0.4, 0.5) is 0 Å². The Kier molecular flexibility index (Phi) is 5.68. The Morgan fingerprint density at radius 3 is 2.67 bits per heavy atom. The summed E-state index contributed by atoms with van der Waals surface area (Å²) in [4.78, 5) is 26.5. The number of hydrogen-bond donors (Lipinski definition) is 0. The van der Waals surface area contributed by atoms with Crippen LogP contribution in [-0.2, 0) is 14.3 Å². The zero-order valence-electron chi connectivity index (χ0n) is 13.3. The molecule has 1 aromatic carbocycles. The van der Waals surface area contributed by atoms with Gasteiger partial charge < -0.3 is 4.74 Å². The fourth-order valence-electron chi connectivity index (χ4n) is 2.87. The van der Waals surface area contributed by atoms with E-state index in [1.54, 1.807) is 6.08 Å². The Bertz CT molecular complexity index is 666. The monoisotopic (exact) mass is 361 g/mol. The Labute approximate surface area is 151 Å². The molecule has 0 bridgehead atoms. The molecule has 3 rings (SSSR count). The van der Waals surface area contributed by atoms with Crippen LogP contribution in [0.1, 0.15) is 37.7 Å². The van der Waals surface area contributed by atoms with Crippen molar-refractivity contribution in [2.75, 3.05) is 6.54 Å². The normalized spacial score (nSPS) is 20.7. The molecule has 2 aliphatic rings. The number of amides is 1. The second kappa shape index (κ2) is 7.94. The maximum absolute atomic E-state index is 12.5. The summed E-state index contributed by atoms with van der Waals surface area (Å²) in [6.45, 7) is -0.104. The zero-order valence-corrected chi connectivity index (χ0v) is 14.9. The average Bonchev–Trinajstić information content (AvgIpc) is 2.84. The Hall–Kier alpha value is -1.66. The minimum absolute atomic E-state index is 0.00971. The van der Waals surface area contributed by atoms with Crippen LogP contribution in [0.3, 0.4) is 0 Å². The highest BCUT2D eigenvalue weighted by molar-refractivity contribution is 8.26. The molecule has 0 radical (unpaired) electrons. The second-order valence-corrected chi connectivity index (χ2v) is 7.60. The van der Waals surface area contributed by atoms with E-state index in [0.29, 0.717) is 9.23 Å². The molecule has 1 aromatic rings. The molecule has 4 nitrogen and oxygen atoms in total. The van der Waals surface area contributed by atoms with E-state index >= 15 is 0 Å². The summed E-state index contributed by atoms with van der Waals surface area (Å²) in [5.41, 5.74) is 0.933. The van der Waals surface area contributed by atoms with Crippen molar-refractivity contribution in [1.82, 2.24) is 4.90 Å². The molecule has 24 heavy (non-hydrogen) atoms. The zero-order chi connectivity index (χ0) is 16.9. The van der Waals surface area contributed by atoms with Gasteiger partial charge in [0.25, 0.3) is 5.91 Å². The van der Waals surface area contributed by atoms with Crippen molar-refractivity contribution in [2.24, 2.45) is 0 Å². The third-order valence-corrected chi connectivity index (χ3v) is 5.49. The van der Waals surface area contributed by atoms with E-state index in [2.05, 4.69) is 0 Å². The Morgan fingerprint density at radius 1 is 1.25 bits per heavy atom. The summed E-state index contributed by atoms with van der Waals surface area (Å²) in [5.74, 6) is -0.603. The van der Waals surface area contributed by atoms with Gasteiger partial charge in [0.1, 0.15) is 17.0 Å². The van der Waals surface area contributed by atoms with Crippen LogP contribution in [0, 0.1) is 0 Å². The lowest BCUT2D eigenvalue weighted by atomic mass is 9.98. The molecule has 1 heterocycles. The molecule has 0 unspecified atom stereocenters. The lowest BCUT2D eigenvalue weighted by molar-refractivity contribution is -0.152. The van der Waals surface area contributed by atoms with E-state index in [-0.39, 0.29) is 24.5 Å². The minimum Gasteiger partial charge on any atom is -0.461 e. The van der Waals surface area contributed by atoms with Crippen molar-refractivity contribution >= 4 is 46.3 Å². The van der Waals surface area contributed by atoms with Gasteiger partial charge in [-0.2, -0.15) is 0 Å². The average molecular weight is 361 g/mol. The van der Waals surface area contributed by atoms with Gasteiger partial charge in [0, 0.05) is 0 Å². The third-order valence-electron chi connectivity index (χ3n) is 4.11. The van der Waals surface area contributed by atoms with Crippen LogP contribution in [0.25, 0.3) is 6.08 Å². The van der Waals surface area contributed by atoms with Gasteiger partial charge in [-0.05, 0) is 37.3 Å². The molecule has 1 aliphatic carbocycles. The van der Waals surface area contributed by atoms with Gasteiger partial charge in [-0.1, -0.05) is 60.7 Å². The summed E-state index contributed by atoms with van der Waals surface area (Å²) in [7, 11) is 0. The lowest BCUT2D eigenvalue weighted by Gasteiger charge is -2.23. The first-order chi connectivity index (χ1) is 11.6. The highest BCUT2D eigenvalue weighted by atomic mass is 32.2. The van der Waals surface area contributed by atoms with Crippen molar-refractivity contribution in [2.45, 2.75) is 38.2 Å². The number of hydrogen-bond acceptors (Lipinski definition) is 5. The standard InChI is InChI=1S/C18H19NO3S2/c20-16(22-14-9-5-2-6-10-14)12-19-17(21)15(24-18(19)23)11-13-7-3-1-4-8-13/h1,3-4,7-8,11,14H,2,5-6,9-10,12H2. The van der Waals surface area contributed by atoms with E-state index in [9.17, 15) is 9.59 Å². The van der Waals surface area contributed by atoms with Crippen molar-refractivity contribution < 1.29 is 14.3 Å². The summed E-state index contributed by atoms with van der Waals surface area (Å²) >= 11 is 6.48. The molecule has 2 fully saturated rings. The lowest BCUT2D eigenvalue weighted by Crippen LogP contribution is -2.36. The molecule has 1 amide bonds. The number of thiocarbonyl (C=S) groups is 1. The Morgan fingerprint density at radius 2 is 1.96 bits per heavy atom. The predicted octanol–water partition coefficient (Wildman–Crippen LogP) is 3.76. The van der Waals surface area contributed by atoms with Crippen molar-refractivity contribution in [3.63, 3.8) is 0 Å². The van der Waals surface area contributed by atoms with Crippen LogP contribution in [0.5, 0.6) is 0 Å². The molecule has 1 aliphatic heterocycles. The molecule has 6 heteroatoms. The van der Waals surface area contributed by atoms with E-state index in [0.717, 1.165) is 31.2 Å². The molecule has 126 valence electrons. The van der Waals surface area contributed by atoms with E-state index in [4.69, 9.17) is 17.0 Å². The SMILES string of the molecule is O=C(CN1C(=O)C(=Cc2ccccc2)SC1=S)OC1CCCCC1. The van der Waals surface area contributed by atoms with Gasteiger partial charge >= 0.3 is 5.97 Å². The topological polar surface area (TPSA) is 46.6 Å². The van der Waals surface area contributed by atoms with Crippen LogP contribution in [0.15, 0.2) is 35.2 Å². The van der Waals surface area contributed by atoms with E-state index in [1.807, 2.05) is 30.3 Å². The van der Waals surface area contributed by atoms with Gasteiger partial charge in [0.2, 0.25) is 0 Å². The summed E-state index contributed by atoms with van der Waals surface area (Å²) in [5, 5.41) is 0. The quantitative estimate of drug-likeness (QED) is 0.464. The molecule has 0 spiro atoms. The number of benzene rings is 1. The van der Waals surface area contributed by atoms with E-state index in [1.165, 1.54) is 23.1 Å². The molecular formula is C18H19NO3S2. The summed E-state index contributed by atoms with van der Waals surface area (Å²) in [6.07, 6.45) is 7.01. The van der Waals surface area contributed by atoms with Crippen LogP contribution < -0.4 is 0 Å². The predicted molar refractivity (Wildman–Crippen MR) is 99.3 cm³/mol. The first kappa shape index (κ1) is 17.2. The molecule has 1 saturated carbocycles. The maximum Gasteiger partial charge on any atom is 0.326 e. The van der Waals surface area contributed by atoms with Gasteiger partial charge in [0.15, 0.2) is 0 Å². The molecule has 0 atom stereocenters. The number of thioether (sulfide) groups is 1. The molecule has 0 aromatic heterocycles. The second-order valence-electron chi connectivity index (χ2n) is 5.93. The smallest absolute Gasteiger partial charge is 0.326 e. The number of ether oxygens (including phenoxy) is 1. The fraction of sp³-hybridized carbons (Fsp3) is 0.389. The van der Waals surface area contributed by atoms with Crippen molar-refractivity contribution in [3.05, 3.63) is 40.8 Å². The van der Waals surface area contributed by atoms with Crippen molar-refractivity contribution in [1.29, 1.82) is 0 Å². The number of carbonyl (C=O) groups is 2. The number of esters is 1. The van der Waals surface area contributed by atoms with Crippen LogP contribution >= 0.6 is 24.0 Å². The van der Waals surface area contributed by atoms with E-state index < -0.39 is 0 Å².